The van der Waals surface area contributed by atoms with Gasteiger partial charge in [0.25, 0.3) is 5.56 Å². The second-order valence-electron chi connectivity index (χ2n) is 8.29. The number of piperidine rings is 1. The van der Waals surface area contributed by atoms with E-state index >= 15 is 0 Å². The summed E-state index contributed by atoms with van der Waals surface area (Å²) in [7, 11) is 1.82. The Morgan fingerprint density at radius 2 is 2.03 bits per heavy atom. The third-order valence-electron chi connectivity index (χ3n) is 6.77. The molecule has 0 bridgehead atoms. The van der Waals surface area contributed by atoms with Crippen molar-refractivity contribution in [1.82, 2.24) is 19.5 Å². The smallest absolute Gasteiger partial charge is 0.268 e. The first-order valence-electron chi connectivity index (χ1n) is 10.2. The van der Waals surface area contributed by atoms with Crippen LogP contribution in [0.25, 0.3) is 11.0 Å². The number of nitrogens with one attached hydrogen (secondary N) is 1. The molecule has 29 heavy (non-hydrogen) atoms. The zero-order valence-corrected chi connectivity index (χ0v) is 17.4. The molecule has 7 nitrogen and oxygen atoms in total. The van der Waals surface area contributed by atoms with Crippen molar-refractivity contribution < 1.29 is 0 Å². The molecule has 5 rings (SSSR count). The lowest BCUT2D eigenvalue weighted by molar-refractivity contribution is 0.196. The van der Waals surface area contributed by atoms with Crippen molar-refractivity contribution in [1.29, 1.82) is 0 Å². The molecule has 1 aliphatic carbocycles. The molecule has 1 aliphatic heterocycles. The van der Waals surface area contributed by atoms with Gasteiger partial charge in [-0.1, -0.05) is 18.2 Å². The zero-order chi connectivity index (χ0) is 20.0. The van der Waals surface area contributed by atoms with Gasteiger partial charge in [0.2, 0.25) is 5.95 Å². The SMILES string of the molecule is Cn1c(N2CCC3(CCCC3N)CC2)ncc(Sc2ccnc3[nH]ccc23)c1=O. The van der Waals surface area contributed by atoms with Gasteiger partial charge >= 0.3 is 0 Å². The van der Waals surface area contributed by atoms with Crippen molar-refractivity contribution >= 4 is 28.7 Å². The Labute approximate surface area is 173 Å². The van der Waals surface area contributed by atoms with Crippen LogP contribution in [-0.2, 0) is 7.05 Å². The third-order valence-corrected chi connectivity index (χ3v) is 7.85. The molecular formula is C21H26N6OS. The summed E-state index contributed by atoms with van der Waals surface area (Å²) in [4.78, 5) is 29.0. The van der Waals surface area contributed by atoms with Crippen LogP contribution in [0.3, 0.4) is 0 Å². The van der Waals surface area contributed by atoms with Crippen LogP contribution in [0.2, 0.25) is 0 Å². The van der Waals surface area contributed by atoms with E-state index in [9.17, 15) is 4.79 Å². The molecule has 0 amide bonds. The van der Waals surface area contributed by atoms with E-state index in [0.29, 0.717) is 16.4 Å². The molecule has 0 aromatic carbocycles. The highest BCUT2D eigenvalue weighted by atomic mass is 32.2. The molecule has 152 valence electrons. The fourth-order valence-corrected chi connectivity index (χ4v) is 5.93. The van der Waals surface area contributed by atoms with Gasteiger partial charge in [-0.2, -0.15) is 0 Å². The first kappa shape index (κ1) is 18.7. The van der Waals surface area contributed by atoms with Gasteiger partial charge in [0.15, 0.2) is 0 Å². The van der Waals surface area contributed by atoms with Gasteiger partial charge in [0.1, 0.15) is 5.65 Å². The van der Waals surface area contributed by atoms with Crippen molar-refractivity contribution in [3.05, 3.63) is 41.1 Å². The topological polar surface area (TPSA) is 92.8 Å². The number of anilines is 1. The standard InChI is InChI=1S/C21H26N6OS/c1-26-19(28)16(29-15-5-10-24-18-14(15)4-9-23-18)13-25-20(26)27-11-7-21(8-12-27)6-2-3-17(21)22/h4-5,9-10,13,17H,2-3,6-8,11-12,22H2,1H3,(H,23,24). The lowest BCUT2D eigenvalue weighted by atomic mass is 9.74. The van der Waals surface area contributed by atoms with E-state index in [1.807, 2.05) is 25.4 Å². The lowest BCUT2D eigenvalue weighted by Crippen LogP contribution is -2.48. The summed E-state index contributed by atoms with van der Waals surface area (Å²) in [6, 6.07) is 4.24. The van der Waals surface area contributed by atoms with E-state index < -0.39 is 0 Å². The van der Waals surface area contributed by atoms with Crippen LogP contribution in [0, 0.1) is 5.41 Å². The van der Waals surface area contributed by atoms with E-state index in [4.69, 9.17) is 5.73 Å². The van der Waals surface area contributed by atoms with Crippen LogP contribution in [0.15, 0.2) is 45.3 Å². The van der Waals surface area contributed by atoms with Crippen molar-refractivity contribution in [2.45, 2.75) is 47.9 Å². The molecule has 3 aromatic heterocycles. The summed E-state index contributed by atoms with van der Waals surface area (Å²) in [6.45, 7) is 1.82. The predicted octanol–water partition coefficient (Wildman–Crippen LogP) is 2.91. The Balaban J connectivity index is 1.38. The molecule has 2 fully saturated rings. The van der Waals surface area contributed by atoms with E-state index in [-0.39, 0.29) is 5.56 Å². The number of hydrogen-bond acceptors (Lipinski definition) is 6. The van der Waals surface area contributed by atoms with Crippen molar-refractivity contribution in [3.63, 3.8) is 0 Å². The Morgan fingerprint density at radius 3 is 2.79 bits per heavy atom. The Kier molecular flexibility index (Phi) is 4.63. The molecule has 3 aromatic rings. The van der Waals surface area contributed by atoms with Crippen molar-refractivity contribution in [2.75, 3.05) is 18.0 Å². The number of aromatic nitrogens is 4. The highest BCUT2D eigenvalue weighted by Gasteiger charge is 2.43. The third kappa shape index (κ3) is 3.14. The molecule has 1 atom stereocenters. The molecule has 1 unspecified atom stereocenters. The second kappa shape index (κ2) is 7.18. The van der Waals surface area contributed by atoms with E-state index in [1.54, 1.807) is 17.0 Å². The van der Waals surface area contributed by atoms with Crippen LogP contribution in [0.1, 0.15) is 32.1 Å². The van der Waals surface area contributed by atoms with Crippen LogP contribution in [0.5, 0.6) is 0 Å². The first-order valence-corrected chi connectivity index (χ1v) is 11.1. The molecule has 2 aliphatic rings. The maximum Gasteiger partial charge on any atom is 0.268 e. The molecule has 8 heteroatoms. The maximum atomic E-state index is 13.0. The quantitative estimate of drug-likeness (QED) is 0.690. The molecule has 3 N–H and O–H groups in total. The minimum Gasteiger partial charge on any atom is -0.346 e. The largest absolute Gasteiger partial charge is 0.346 e. The summed E-state index contributed by atoms with van der Waals surface area (Å²) in [5.74, 6) is 0.752. The Hall–Kier alpha value is -2.32. The number of rotatable bonds is 3. The van der Waals surface area contributed by atoms with Gasteiger partial charge in [0.05, 0.1) is 11.1 Å². The summed E-state index contributed by atoms with van der Waals surface area (Å²) in [6.07, 6.45) is 11.1. The normalized spacial score (nSPS) is 21.3. The van der Waals surface area contributed by atoms with Gasteiger partial charge in [-0.3, -0.25) is 9.36 Å². The number of H-pyrrole nitrogens is 1. The summed E-state index contributed by atoms with van der Waals surface area (Å²) >= 11 is 1.44. The number of nitrogens with two attached hydrogens (primary N) is 1. The number of aromatic amines is 1. The molecule has 1 saturated carbocycles. The van der Waals surface area contributed by atoms with Crippen LogP contribution in [0.4, 0.5) is 5.95 Å². The summed E-state index contributed by atoms with van der Waals surface area (Å²) in [5.41, 5.74) is 7.52. The highest BCUT2D eigenvalue weighted by molar-refractivity contribution is 7.99. The van der Waals surface area contributed by atoms with Gasteiger partial charge in [-0.25, -0.2) is 9.97 Å². The van der Waals surface area contributed by atoms with Gasteiger partial charge in [-0.05, 0) is 43.2 Å². The Bertz CT molecular complexity index is 1100. The van der Waals surface area contributed by atoms with Crippen molar-refractivity contribution in [3.8, 4) is 0 Å². The second-order valence-corrected chi connectivity index (χ2v) is 9.37. The van der Waals surface area contributed by atoms with Gasteiger partial charge < -0.3 is 15.6 Å². The highest BCUT2D eigenvalue weighted by Crippen LogP contribution is 2.45. The average molecular weight is 411 g/mol. The first-order chi connectivity index (χ1) is 14.1. The van der Waals surface area contributed by atoms with Gasteiger partial charge in [0, 0.05) is 48.9 Å². The van der Waals surface area contributed by atoms with E-state index in [1.165, 1.54) is 24.6 Å². The average Bonchev–Trinajstić information content (AvgIpc) is 3.35. The van der Waals surface area contributed by atoms with E-state index in [2.05, 4.69) is 19.9 Å². The van der Waals surface area contributed by atoms with Crippen LogP contribution in [-0.4, -0.2) is 38.7 Å². The van der Waals surface area contributed by atoms with E-state index in [0.717, 1.165) is 54.2 Å². The fourth-order valence-electron chi connectivity index (χ4n) is 4.96. The zero-order valence-electron chi connectivity index (χ0n) is 16.6. The minimum absolute atomic E-state index is 0.0154. The summed E-state index contributed by atoms with van der Waals surface area (Å²) in [5, 5.41) is 1.01. The number of pyridine rings is 1. The monoisotopic (exact) mass is 410 g/mol. The van der Waals surface area contributed by atoms with Crippen LogP contribution >= 0.6 is 11.8 Å². The number of nitrogens with zero attached hydrogens (tertiary/aromatic N) is 4. The maximum absolute atomic E-state index is 13.0. The molecule has 0 radical (unpaired) electrons. The number of hydrogen-bond donors (Lipinski definition) is 2. The van der Waals surface area contributed by atoms with Crippen molar-refractivity contribution in [2.24, 2.45) is 18.2 Å². The lowest BCUT2D eigenvalue weighted by Gasteiger charge is -2.42. The molecule has 1 saturated heterocycles. The number of fused-ring (bicyclic) bond motifs is 1. The van der Waals surface area contributed by atoms with Gasteiger partial charge in [-0.15, -0.1) is 0 Å². The minimum atomic E-state index is -0.0154. The Morgan fingerprint density at radius 1 is 1.21 bits per heavy atom. The molecule has 4 heterocycles. The predicted molar refractivity (Wildman–Crippen MR) is 115 cm³/mol. The van der Waals surface area contributed by atoms with Crippen LogP contribution < -0.4 is 16.2 Å². The molecule has 1 spiro atoms. The molecular weight excluding hydrogens is 384 g/mol. The fraction of sp³-hybridized carbons (Fsp3) is 0.476. The summed E-state index contributed by atoms with van der Waals surface area (Å²) < 4.78 is 1.68.